The normalized spacial score (nSPS) is 20.7. The van der Waals surface area contributed by atoms with Crippen LogP contribution >= 0.6 is 0 Å². The predicted molar refractivity (Wildman–Crippen MR) is 125 cm³/mol. The van der Waals surface area contributed by atoms with Crippen molar-refractivity contribution in [3.8, 4) is 0 Å². The lowest BCUT2D eigenvalue weighted by Crippen LogP contribution is -2.48. The molecule has 0 radical (unpaired) electrons. The third-order valence-electron chi connectivity index (χ3n) is 6.19. The zero-order valence-electron chi connectivity index (χ0n) is 19.2. The average Bonchev–Trinajstić information content (AvgIpc) is 3.43. The number of benzene rings is 2. The number of sulfonamides is 1. The van der Waals surface area contributed by atoms with Crippen molar-refractivity contribution in [1.82, 2.24) is 20.1 Å². The highest BCUT2D eigenvalue weighted by Gasteiger charge is 2.50. The standard InChI is InChI=1S/C23H27N5O5S/c1-23(16-9-5-4-6-10-16)21(30)28(22(31)24-23)25-20(29)18-15-17(34(32,33)26(2)3)11-12-19(18)27-13-7-8-14-27/h4-6,9-12,15H,7-8,13-14H2,1-3H3,(H,24,31)(H,25,29)/t23-/m1/s1. The molecule has 11 heteroatoms. The van der Waals surface area contributed by atoms with Crippen LogP contribution in [0.25, 0.3) is 0 Å². The Labute approximate surface area is 198 Å². The fourth-order valence-corrected chi connectivity index (χ4v) is 5.10. The molecule has 2 saturated heterocycles. The van der Waals surface area contributed by atoms with Gasteiger partial charge in [-0.25, -0.2) is 17.5 Å². The summed E-state index contributed by atoms with van der Waals surface area (Å²) in [6.07, 6.45) is 1.89. The van der Waals surface area contributed by atoms with E-state index in [0.29, 0.717) is 16.3 Å². The number of nitrogens with zero attached hydrogens (tertiary/aromatic N) is 3. The number of carbonyl (C=O) groups is 3. The molecule has 2 heterocycles. The summed E-state index contributed by atoms with van der Waals surface area (Å²) in [7, 11) is -0.994. The number of imide groups is 1. The first-order chi connectivity index (χ1) is 16.1. The van der Waals surface area contributed by atoms with E-state index in [1.54, 1.807) is 43.3 Å². The van der Waals surface area contributed by atoms with Crippen LogP contribution in [0.4, 0.5) is 10.5 Å². The Kier molecular flexibility index (Phi) is 6.09. The van der Waals surface area contributed by atoms with E-state index in [1.807, 2.05) is 4.90 Å². The van der Waals surface area contributed by atoms with Gasteiger partial charge in [-0.05, 0) is 43.5 Å². The summed E-state index contributed by atoms with van der Waals surface area (Å²) in [5.74, 6) is -1.39. The van der Waals surface area contributed by atoms with Crippen LogP contribution in [0, 0.1) is 0 Å². The smallest absolute Gasteiger partial charge is 0.344 e. The van der Waals surface area contributed by atoms with Gasteiger partial charge in [0.15, 0.2) is 0 Å². The Morgan fingerprint density at radius 1 is 1.06 bits per heavy atom. The molecule has 2 N–H and O–H groups in total. The molecule has 2 aliphatic rings. The molecule has 180 valence electrons. The number of hydrogen-bond donors (Lipinski definition) is 2. The van der Waals surface area contributed by atoms with Gasteiger partial charge in [-0.3, -0.25) is 15.0 Å². The summed E-state index contributed by atoms with van der Waals surface area (Å²) in [5, 5.41) is 3.28. The molecule has 0 saturated carbocycles. The van der Waals surface area contributed by atoms with Gasteiger partial charge in [0.1, 0.15) is 5.54 Å². The van der Waals surface area contributed by atoms with Crippen molar-refractivity contribution in [2.75, 3.05) is 32.1 Å². The quantitative estimate of drug-likeness (QED) is 0.601. The minimum atomic E-state index is -3.80. The fourth-order valence-electron chi connectivity index (χ4n) is 4.17. The molecular formula is C23H27N5O5S. The van der Waals surface area contributed by atoms with Crippen molar-refractivity contribution in [2.24, 2.45) is 0 Å². The highest BCUT2D eigenvalue weighted by molar-refractivity contribution is 7.89. The van der Waals surface area contributed by atoms with Crippen molar-refractivity contribution in [3.05, 3.63) is 59.7 Å². The van der Waals surface area contributed by atoms with Gasteiger partial charge in [0.2, 0.25) is 10.0 Å². The number of nitrogens with one attached hydrogen (secondary N) is 2. The maximum absolute atomic E-state index is 13.3. The number of hydrogen-bond acceptors (Lipinski definition) is 6. The molecule has 4 amide bonds. The van der Waals surface area contributed by atoms with Crippen LogP contribution in [-0.4, -0.2) is 62.8 Å². The lowest BCUT2D eigenvalue weighted by Gasteiger charge is -2.24. The van der Waals surface area contributed by atoms with E-state index < -0.39 is 33.4 Å². The molecule has 0 aromatic heterocycles. The summed E-state index contributed by atoms with van der Waals surface area (Å²) in [4.78, 5) is 41.1. The summed E-state index contributed by atoms with van der Waals surface area (Å²) >= 11 is 0. The number of amides is 4. The van der Waals surface area contributed by atoms with Gasteiger partial charge >= 0.3 is 6.03 Å². The fraction of sp³-hybridized carbons (Fsp3) is 0.348. The number of rotatable bonds is 6. The van der Waals surface area contributed by atoms with Crippen LogP contribution in [0.15, 0.2) is 53.4 Å². The van der Waals surface area contributed by atoms with Gasteiger partial charge in [0, 0.05) is 32.9 Å². The highest BCUT2D eigenvalue weighted by Crippen LogP contribution is 2.30. The van der Waals surface area contributed by atoms with Gasteiger partial charge in [0.25, 0.3) is 11.8 Å². The Bertz CT molecular complexity index is 1240. The molecule has 10 nitrogen and oxygen atoms in total. The lowest BCUT2D eigenvalue weighted by atomic mass is 9.92. The predicted octanol–water partition coefficient (Wildman–Crippen LogP) is 1.65. The van der Waals surface area contributed by atoms with Gasteiger partial charge in [0.05, 0.1) is 10.5 Å². The molecule has 2 aromatic carbocycles. The third kappa shape index (κ3) is 4.01. The zero-order chi connectivity index (χ0) is 24.7. The van der Waals surface area contributed by atoms with Crippen LogP contribution < -0.4 is 15.6 Å². The summed E-state index contributed by atoms with van der Waals surface area (Å²) in [6, 6.07) is 12.3. The monoisotopic (exact) mass is 485 g/mol. The minimum absolute atomic E-state index is 0.0584. The molecule has 0 unspecified atom stereocenters. The molecule has 2 aromatic rings. The Hall–Kier alpha value is -3.44. The SMILES string of the molecule is CN(C)S(=O)(=O)c1ccc(N2CCCC2)c(C(=O)NN2C(=O)N[C@](C)(c3ccccc3)C2=O)c1. The topological polar surface area (TPSA) is 119 Å². The van der Waals surface area contributed by atoms with Crippen LogP contribution in [0.1, 0.15) is 35.7 Å². The summed E-state index contributed by atoms with van der Waals surface area (Å²) in [5.41, 5.74) is 2.23. The van der Waals surface area contributed by atoms with Crippen molar-refractivity contribution in [2.45, 2.75) is 30.2 Å². The van der Waals surface area contributed by atoms with E-state index in [1.165, 1.54) is 26.2 Å². The van der Waals surface area contributed by atoms with Crippen LogP contribution in [0.2, 0.25) is 0 Å². The maximum atomic E-state index is 13.3. The molecular weight excluding hydrogens is 458 g/mol. The summed E-state index contributed by atoms with van der Waals surface area (Å²) < 4.78 is 26.4. The Balaban J connectivity index is 1.68. The minimum Gasteiger partial charge on any atom is -0.371 e. The Morgan fingerprint density at radius 3 is 2.32 bits per heavy atom. The molecule has 2 aliphatic heterocycles. The molecule has 34 heavy (non-hydrogen) atoms. The van der Waals surface area contributed by atoms with E-state index in [2.05, 4.69) is 10.7 Å². The molecule has 1 atom stereocenters. The second-order valence-electron chi connectivity index (χ2n) is 8.66. The molecule has 0 spiro atoms. The first kappa shape index (κ1) is 23.7. The highest BCUT2D eigenvalue weighted by atomic mass is 32.2. The van der Waals surface area contributed by atoms with E-state index in [9.17, 15) is 22.8 Å². The number of urea groups is 1. The third-order valence-corrected chi connectivity index (χ3v) is 8.00. The number of carbonyl (C=O) groups excluding carboxylic acids is 3. The second kappa shape index (κ2) is 8.73. The van der Waals surface area contributed by atoms with E-state index in [-0.39, 0.29) is 10.5 Å². The Morgan fingerprint density at radius 2 is 1.71 bits per heavy atom. The average molecular weight is 486 g/mol. The van der Waals surface area contributed by atoms with Crippen molar-refractivity contribution in [3.63, 3.8) is 0 Å². The van der Waals surface area contributed by atoms with Crippen LogP contribution in [0.3, 0.4) is 0 Å². The van der Waals surface area contributed by atoms with E-state index in [4.69, 9.17) is 0 Å². The van der Waals surface area contributed by atoms with Crippen LogP contribution in [0.5, 0.6) is 0 Å². The van der Waals surface area contributed by atoms with Crippen molar-refractivity contribution in [1.29, 1.82) is 0 Å². The van der Waals surface area contributed by atoms with Crippen molar-refractivity contribution >= 4 is 33.6 Å². The first-order valence-electron chi connectivity index (χ1n) is 10.9. The van der Waals surface area contributed by atoms with Gasteiger partial charge in [-0.15, -0.1) is 0 Å². The second-order valence-corrected chi connectivity index (χ2v) is 10.8. The molecule has 2 fully saturated rings. The summed E-state index contributed by atoms with van der Waals surface area (Å²) in [6.45, 7) is 3.00. The van der Waals surface area contributed by atoms with Crippen molar-refractivity contribution < 1.29 is 22.8 Å². The molecule has 0 aliphatic carbocycles. The van der Waals surface area contributed by atoms with Gasteiger partial charge in [-0.1, -0.05) is 30.3 Å². The number of hydrazine groups is 1. The maximum Gasteiger partial charge on any atom is 0.344 e. The first-order valence-corrected chi connectivity index (χ1v) is 12.3. The lowest BCUT2D eigenvalue weighted by molar-refractivity contribution is -0.132. The molecule has 0 bridgehead atoms. The zero-order valence-corrected chi connectivity index (χ0v) is 20.1. The van der Waals surface area contributed by atoms with Gasteiger partial charge < -0.3 is 10.2 Å². The largest absolute Gasteiger partial charge is 0.371 e. The van der Waals surface area contributed by atoms with Gasteiger partial charge in [-0.2, -0.15) is 5.01 Å². The number of anilines is 1. The van der Waals surface area contributed by atoms with E-state index in [0.717, 1.165) is 30.2 Å². The van der Waals surface area contributed by atoms with Crippen LogP contribution in [-0.2, 0) is 20.4 Å². The van der Waals surface area contributed by atoms with E-state index >= 15 is 0 Å². The molecule has 4 rings (SSSR count).